The summed E-state index contributed by atoms with van der Waals surface area (Å²) >= 11 is 0. The fourth-order valence-corrected chi connectivity index (χ4v) is 5.80. The first-order valence-electron chi connectivity index (χ1n) is 15.5. The Bertz CT molecular complexity index is 1460. The van der Waals surface area contributed by atoms with Crippen molar-refractivity contribution in [1.29, 1.82) is 0 Å². The van der Waals surface area contributed by atoms with E-state index >= 15 is 0 Å². The normalized spacial score (nSPS) is 17.2. The topological polar surface area (TPSA) is 95.0 Å². The number of aliphatic imine (C=N–C) groups is 1. The molecule has 0 aliphatic carbocycles. The number of aldehydes is 1. The third-order valence-corrected chi connectivity index (χ3v) is 8.50. The minimum atomic E-state index is -0.509. The van der Waals surface area contributed by atoms with Crippen LogP contribution in [0, 0.1) is 13.8 Å². The largest absolute Gasteiger partial charge is 0.488 e. The Morgan fingerprint density at radius 2 is 1.74 bits per heavy atom. The maximum Gasteiger partial charge on any atom is 0.174 e. The first-order chi connectivity index (χ1) is 20.8. The number of carbonyl (C=O) groups is 1. The van der Waals surface area contributed by atoms with Gasteiger partial charge in [-0.2, -0.15) is 0 Å². The van der Waals surface area contributed by atoms with Crippen LogP contribution in [0.3, 0.4) is 0 Å². The minimum Gasteiger partial charge on any atom is -0.488 e. The van der Waals surface area contributed by atoms with Gasteiger partial charge in [0.05, 0.1) is 17.8 Å². The van der Waals surface area contributed by atoms with E-state index in [4.69, 9.17) is 14.7 Å². The van der Waals surface area contributed by atoms with Crippen LogP contribution in [0.25, 0.3) is 11.4 Å². The number of hydrogen-bond donors (Lipinski definition) is 2. The summed E-state index contributed by atoms with van der Waals surface area (Å²) in [6, 6.07) is 13.0. The molecule has 2 aliphatic rings. The summed E-state index contributed by atoms with van der Waals surface area (Å²) in [6.07, 6.45) is 2.14. The van der Waals surface area contributed by atoms with Gasteiger partial charge in [0.25, 0.3) is 0 Å². The third kappa shape index (κ3) is 6.89. The first-order valence-corrected chi connectivity index (χ1v) is 15.5. The van der Waals surface area contributed by atoms with Crippen molar-refractivity contribution in [3.63, 3.8) is 0 Å². The molecule has 9 heteroatoms. The average Bonchev–Trinajstić information content (AvgIpc) is 3.48. The summed E-state index contributed by atoms with van der Waals surface area (Å²) in [6.45, 7) is 17.4. The highest BCUT2D eigenvalue weighted by Crippen LogP contribution is 2.32. The van der Waals surface area contributed by atoms with E-state index in [1.165, 1.54) is 16.7 Å². The van der Waals surface area contributed by atoms with Crippen molar-refractivity contribution >= 4 is 17.9 Å². The second-order valence-corrected chi connectivity index (χ2v) is 11.8. The van der Waals surface area contributed by atoms with Crippen molar-refractivity contribution < 1.29 is 9.53 Å². The van der Waals surface area contributed by atoms with Gasteiger partial charge >= 0.3 is 0 Å². The Hall–Kier alpha value is -3.82. The molecule has 2 N–H and O–H groups in total. The number of rotatable bonds is 11. The average molecular weight is 584 g/mol. The summed E-state index contributed by atoms with van der Waals surface area (Å²) in [5, 5.41) is 0. The molecule has 0 radical (unpaired) electrons. The Kier molecular flexibility index (Phi) is 9.72. The molecule has 228 valence electrons. The summed E-state index contributed by atoms with van der Waals surface area (Å²) in [5.74, 6) is 3.87. The predicted molar refractivity (Wildman–Crippen MR) is 173 cm³/mol. The molecule has 1 atom stereocenters. The molecule has 0 saturated carbocycles. The summed E-state index contributed by atoms with van der Waals surface area (Å²) in [5.41, 5.74) is 14.0. The van der Waals surface area contributed by atoms with Crippen LogP contribution in [0.1, 0.15) is 67.1 Å². The fourth-order valence-electron chi connectivity index (χ4n) is 5.80. The van der Waals surface area contributed by atoms with Crippen molar-refractivity contribution in [3.05, 3.63) is 69.9 Å². The van der Waals surface area contributed by atoms with E-state index in [0.717, 1.165) is 90.9 Å². The number of ether oxygens (including phenoxy) is 1. The first kappa shape index (κ1) is 30.6. The molecule has 0 bridgehead atoms. The number of hydrazine groups is 1. The van der Waals surface area contributed by atoms with Crippen LogP contribution < -0.4 is 20.5 Å². The third-order valence-electron chi connectivity index (χ3n) is 8.50. The molecule has 1 unspecified atom stereocenters. The van der Waals surface area contributed by atoms with E-state index < -0.39 is 6.17 Å². The summed E-state index contributed by atoms with van der Waals surface area (Å²) in [7, 11) is 0. The lowest BCUT2D eigenvalue weighted by Gasteiger charge is -2.36. The van der Waals surface area contributed by atoms with Gasteiger partial charge in [-0.1, -0.05) is 58.0 Å². The van der Waals surface area contributed by atoms with Crippen LogP contribution in [-0.4, -0.2) is 65.9 Å². The Morgan fingerprint density at radius 1 is 1.02 bits per heavy atom. The second kappa shape index (κ2) is 13.7. The lowest BCUT2D eigenvalue weighted by atomic mass is 9.96. The zero-order valence-corrected chi connectivity index (χ0v) is 26.4. The van der Waals surface area contributed by atoms with Crippen molar-refractivity contribution in [3.8, 4) is 17.1 Å². The maximum atomic E-state index is 11.1. The van der Waals surface area contributed by atoms with Gasteiger partial charge in [-0.3, -0.25) is 9.69 Å². The summed E-state index contributed by atoms with van der Waals surface area (Å²) in [4.78, 5) is 30.6. The summed E-state index contributed by atoms with van der Waals surface area (Å²) < 4.78 is 6.52. The minimum absolute atomic E-state index is 0.402. The molecule has 3 aromatic rings. The van der Waals surface area contributed by atoms with Gasteiger partial charge in [-0.25, -0.2) is 20.4 Å². The smallest absolute Gasteiger partial charge is 0.174 e. The maximum absolute atomic E-state index is 11.1. The van der Waals surface area contributed by atoms with E-state index in [2.05, 4.69) is 104 Å². The quantitative estimate of drug-likeness (QED) is 0.313. The molecule has 0 spiro atoms. The van der Waals surface area contributed by atoms with Gasteiger partial charge < -0.3 is 15.1 Å². The van der Waals surface area contributed by atoms with E-state index in [0.29, 0.717) is 19.1 Å². The van der Waals surface area contributed by atoms with Crippen molar-refractivity contribution in [2.45, 2.75) is 73.1 Å². The van der Waals surface area contributed by atoms with E-state index in [1.54, 1.807) is 0 Å². The van der Waals surface area contributed by atoms with Crippen molar-refractivity contribution in [2.24, 2.45) is 4.99 Å². The number of benzene rings is 2. The zero-order chi connectivity index (χ0) is 30.5. The molecular formula is C34H45N7O2. The van der Waals surface area contributed by atoms with Gasteiger partial charge in [-0.15, -0.1) is 0 Å². The number of amidine groups is 1. The van der Waals surface area contributed by atoms with Gasteiger partial charge in [0, 0.05) is 31.7 Å². The fraction of sp³-hybridized carbons (Fsp3) is 0.471. The Balaban J connectivity index is 1.46. The molecule has 2 aliphatic heterocycles. The van der Waals surface area contributed by atoms with E-state index in [9.17, 15) is 4.79 Å². The van der Waals surface area contributed by atoms with Gasteiger partial charge in [-0.05, 0) is 60.9 Å². The Labute approximate surface area is 255 Å². The number of nitrogens with zero attached hydrogens (tertiary/aromatic N) is 5. The van der Waals surface area contributed by atoms with E-state index in [1.807, 2.05) is 0 Å². The molecule has 3 heterocycles. The molecule has 9 nitrogen and oxygen atoms in total. The van der Waals surface area contributed by atoms with Gasteiger partial charge in [0.1, 0.15) is 24.0 Å². The monoisotopic (exact) mass is 583 g/mol. The number of piperazine rings is 1. The lowest BCUT2D eigenvalue weighted by molar-refractivity contribution is -0.109. The number of nitrogens with one attached hydrogen (secondary N) is 2. The number of hydrogen-bond acceptors (Lipinski definition) is 9. The van der Waals surface area contributed by atoms with Crippen molar-refractivity contribution in [2.75, 3.05) is 37.6 Å². The number of carbonyl (C=O) groups excluding carboxylic acids is 1. The van der Waals surface area contributed by atoms with Gasteiger partial charge in [0.15, 0.2) is 18.3 Å². The SMILES string of the molecule is CCc1cccc(CC)c1-c1nc(C)c(COc2cc(C(C)C)ccc2C)c(N2CCN(CC3=NC(C=O)NN3)CC2)n1. The van der Waals surface area contributed by atoms with Crippen LogP contribution in [0.5, 0.6) is 5.75 Å². The highest BCUT2D eigenvalue weighted by molar-refractivity contribution is 5.87. The zero-order valence-electron chi connectivity index (χ0n) is 26.4. The predicted octanol–water partition coefficient (Wildman–Crippen LogP) is 4.74. The second-order valence-electron chi connectivity index (χ2n) is 11.8. The standard InChI is InChI=1S/C34H45N7O2/c1-7-25-10-9-11-26(8-2)32(25)33-35-24(6)28(21-43-29-18-27(22(3)4)13-12-23(29)5)34(37-33)41-16-14-40(15-17-41)19-30-36-31(20-42)39-38-30/h9-13,18,20,22,31,39H,7-8,14-17,19,21H2,1-6H3,(H,36,38). The van der Waals surface area contributed by atoms with Crippen LogP contribution in [0.4, 0.5) is 5.82 Å². The highest BCUT2D eigenvalue weighted by atomic mass is 16.5. The van der Waals surface area contributed by atoms with Crippen molar-refractivity contribution in [1.82, 2.24) is 25.7 Å². The van der Waals surface area contributed by atoms with Crippen LogP contribution in [0.15, 0.2) is 41.4 Å². The molecule has 2 aromatic carbocycles. The molecule has 43 heavy (non-hydrogen) atoms. The molecule has 1 fully saturated rings. The van der Waals surface area contributed by atoms with Crippen LogP contribution in [0.2, 0.25) is 0 Å². The molecule has 5 rings (SSSR count). The highest BCUT2D eigenvalue weighted by Gasteiger charge is 2.26. The van der Waals surface area contributed by atoms with Crippen LogP contribution in [-0.2, 0) is 24.2 Å². The van der Waals surface area contributed by atoms with Crippen LogP contribution >= 0.6 is 0 Å². The lowest BCUT2D eigenvalue weighted by Crippen LogP contribution is -2.50. The van der Waals surface area contributed by atoms with Gasteiger partial charge in [0.2, 0.25) is 0 Å². The number of anilines is 1. The van der Waals surface area contributed by atoms with E-state index in [-0.39, 0.29) is 0 Å². The molecule has 1 saturated heterocycles. The number of aromatic nitrogens is 2. The molecule has 0 amide bonds. The number of aryl methyl sites for hydroxylation is 4. The molecular weight excluding hydrogens is 538 g/mol. The Morgan fingerprint density at radius 3 is 2.37 bits per heavy atom. The molecule has 1 aromatic heterocycles.